The molecule has 2 aromatic carbocycles. The Kier molecular flexibility index (Phi) is 6.76. The van der Waals surface area contributed by atoms with Gasteiger partial charge in [-0.25, -0.2) is 4.79 Å². The van der Waals surface area contributed by atoms with Crippen LogP contribution in [0.15, 0.2) is 54.6 Å². The van der Waals surface area contributed by atoms with E-state index >= 15 is 0 Å². The van der Waals surface area contributed by atoms with Crippen molar-refractivity contribution in [1.29, 1.82) is 0 Å². The topological polar surface area (TPSA) is 113 Å². The maximum atomic E-state index is 12.7. The quantitative estimate of drug-likeness (QED) is 0.616. The van der Waals surface area contributed by atoms with E-state index in [4.69, 9.17) is 5.73 Å². The molecule has 0 saturated heterocycles. The van der Waals surface area contributed by atoms with Crippen molar-refractivity contribution in [3.05, 3.63) is 60.2 Å². The van der Waals surface area contributed by atoms with Crippen LogP contribution >= 0.6 is 0 Å². The van der Waals surface area contributed by atoms with Crippen LogP contribution < -0.4 is 21.7 Å². The maximum absolute atomic E-state index is 12.7. The molecule has 4 amide bonds. The summed E-state index contributed by atoms with van der Waals surface area (Å²) in [6, 6.07) is 14.5. The van der Waals surface area contributed by atoms with Crippen molar-refractivity contribution in [2.75, 3.05) is 10.6 Å². The predicted octanol–water partition coefficient (Wildman–Crippen LogP) is 2.89. The lowest BCUT2D eigenvalue weighted by atomic mass is 9.95. The zero-order valence-corrected chi connectivity index (χ0v) is 16.3. The van der Waals surface area contributed by atoms with Crippen molar-refractivity contribution in [2.45, 2.75) is 33.2 Å². The molecule has 2 rings (SSSR count). The summed E-state index contributed by atoms with van der Waals surface area (Å²) in [5, 5.41) is 8.05. The third-order valence-electron chi connectivity index (χ3n) is 3.98. The number of carbonyl (C=O) groups excluding carboxylic acids is 3. The van der Waals surface area contributed by atoms with E-state index in [0.29, 0.717) is 17.8 Å². The average molecular weight is 382 g/mol. The van der Waals surface area contributed by atoms with Crippen LogP contribution in [0, 0.1) is 5.41 Å². The van der Waals surface area contributed by atoms with E-state index in [-0.39, 0.29) is 5.91 Å². The van der Waals surface area contributed by atoms with Gasteiger partial charge in [0.15, 0.2) is 0 Å². The van der Waals surface area contributed by atoms with E-state index in [9.17, 15) is 14.4 Å². The highest BCUT2D eigenvalue weighted by Gasteiger charge is 2.22. The smallest absolute Gasteiger partial charge is 0.312 e. The number of urea groups is 1. The van der Waals surface area contributed by atoms with Crippen LogP contribution in [0.3, 0.4) is 0 Å². The summed E-state index contributed by atoms with van der Waals surface area (Å²) >= 11 is 0. The molecule has 0 fully saturated rings. The molecule has 7 nitrogen and oxygen atoms in total. The number of amides is 4. The lowest BCUT2D eigenvalue weighted by Gasteiger charge is -2.19. The molecule has 28 heavy (non-hydrogen) atoms. The molecule has 0 aliphatic rings. The summed E-state index contributed by atoms with van der Waals surface area (Å²) in [4.78, 5) is 36.1. The van der Waals surface area contributed by atoms with Crippen molar-refractivity contribution in [1.82, 2.24) is 5.32 Å². The molecule has 0 bridgehead atoms. The minimum absolute atomic E-state index is 0.131. The van der Waals surface area contributed by atoms with Crippen LogP contribution in [0.4, 0.5) is 16.2 Å². The van der Waals surface area contributed by atoms with Crippen molar-refractivity contribution >= 4 is 29.2 Å². The molecule has 0 radical (unpaired) electrons. The Morgan fingerprint density at radius 1 is 0.929 bits per heavy atom. The molecule has 0 heterocycles. The number of primary amides is 1. The molecule has 0 aliphatic heterocycles. The number of benzene rings is 2. The Bertz CT molecular complexity index is 844. The summed E-state index contributed by atoms with van der Waals surface area (Å²) in [6.45, 7) is 5.45. The van der Waals surface area contributed by atoms with Gasteiger partial charge in [0.1, 0.15) is 6.04 Å². The number of hydrogen-bond donors (Lipinski definition) is 4. The van der Waals surface area contributed by atoms with Gasteiger partial charge in [-0.2, -0.15) is 0 Å². The lowest BCUT2D eigenvalue weighted by Crippen LogP contribution is -2.47. The fourth-order valence-corrected chi connectivity index (χ4v) is 2.45. The second-order valence-electron chi connectivity index (χ2n) is 7.53. The van der Waals surface area contributed by atoms with Gasteiger partial charge < -0.3 is 21.7 Å². The highest BCUT2D eigenvalue weighted by atomic mass is 16.2. The number of anilines is 2. The molecule has 0 saturated carbocycles. The van der Waals surface area contributed by atoms with Crippen LogP contribution in [-0.4, -0.2) is 23.9 Å². The molecule has 0 spiro atoms. The molecule has 1 unspecified atom stereocenters. The van der Waals surface area contributed by atoms with Crippen LogP contribution in [-0.2, 0) is 16.0 Å². The van der Waals surface area contributed by atoms with Gasteiger partial charge in [-0.15, -0.1) is 0 Å². The summed E-state index contributed by atoms with van der Waals surface area (Å²) in [5.74, 6) is -0.532. The third kappa shape index (κ3) is 6.42. The minimum atomic E-state index is -0.826. The van der Waals surface area contributed by atoms with Gasteiger partial charge in [-0.05, 0) is 23.8 Å². The van der Waals surface area contributed by atoms with Gasteiger partial charge in [-0.3, -0.25) is 9.59 Å². The van der Waals surface area contributed by atoms with Crippen molar-refractivity contribution in [3.8, 4) is 0 Å². The van der Waals surface area contributed by atoms with E-state index in [0.717, 1.165) is 5.56 Å². The monoisotopic (exact) mass is 382 g/mol. The summed E-state index contributed by atoms with van der Waals surface area (Å²) < 4.78 is 0. The molecule has 5 N–H and O–H groups in total. The molecule has 1 atom stereocenters. The first-order valence-corrected chi connectivity index (χ1v) is 8.97. The Morgan fingerprint density at radius 3 is 2.11 bits per heavy atom. The normalized spacial score (nSPS) is 12.0. The number of hydrogen-bond acceptors (Lipinski definition) is 3. The van der Waals surface area contributed by atoms with E-state index in [2.05, 4.69) is 16.0 Å². The molecule has 148 valence electrons. The Balaban J connectivity index is 2.11. The van der Waals surface area contributed by atoms with Gasteiger partial charge in [0.2, 0.25) is 11.8 Å². The Hall–Kier alpha value is -3.35. The molecular formula is C21H26N4O3. The first-order chi connectivity index (χ1) is 13.1. The number of nitrogens with two attached hydrogens (primary N) is 1. The fourth-order valence-electron chi connectivity index (χ4n) is 2.45. The SMILES string of the molecule is CC(C)(C)C(=O)Nc1cccc(NC(=O)C(Cc2ccccc2)NC(N)=O)c1. The number of carbonyl (C=O) groups is 3. The van der Waals surface area contributed by atoms with Crippen molar-refractivity contribution < 1.29 is 14.4 Å². The average Bonchev–Trinajstić information content (AvgIpc) is 2.61. The van der Waals surface area contributed by atoms with Gasteiger partial charge in [-0.1, -0.05) is 57.2 Å². The standard InChI is InChI=1S/C21H26N4O3/c1-21(2,3)19(27)24-16-11-7-10-15(13-16)23-18(26)17(25-20(22)28)12-14-8-5-4-6-9-14/h4-11,13,17H,12H2,1-3H3,(H,23,26)(H,24,27)(H3,22,25,28). The van der Waals surface area contributed by atoms with E-state index in [1.807, 2.05) is 51.1 Å². The second-order valence-corrected chi connectivity index (χ2v) is 7.53. The first kappa shape index (κ1) is 21.0. The second kappa shape index (κ2) is 9.03. The molecule has 2 aromatic rings. The van der Waals surface area contributed by atoms with Crippen LogP contribution in [0.25, 0.3) is 0 Å². The van der Waals surface area contributed by atoms with E-state index in [1.165, 1.54) is 0 Å². The van der Waals surface area contributed by atoms with Crippen LogP contribution in [0.5, 0.6) is 0 Å². The van der Waals surface area contributed by atoms with Gasteiger partial charge >= 0.3 is 6.03 Å². The molecular weight excluding hydrogens is 356 g/mol. The van der Waals surface area contributed by atoms with Gasteiger partial charge in [0.25, 0.3) is 0 Å². The van der Waals surface area contributed by atoms with E-state index < -0.39 is 23.4 Å². The van der Waals surface area contributed by atoms with Crippen molar-refractivity contribution in [2.24, 2.45) is 11.1 Å². The Labute approximate surface area is 164 Å². The first-order valence-electron chi connectivity index (χ1n) is 8.97. The van der Waals surface area contributed by atoms with Crippen LogP contribution in [0.2, 0.25) is 0 Å². The van der Waals surface area contributed by atoms with Gasteiger partial charge in [0, 0.05) is 23.2 Å². The molecule has 0 aliphatic carbocycles. The molecule has 0 aromatic heterocycles. The Morgan fingerprint density at radius 2 is 1.54 bits per heavy atom. The maximum Gasteiger partial charge on any atom is 0.312 e. The van der Waals surface area contributed by atoms with Gasteiger partial charge in [0.05, 0.1) is 0 Å². The number of rotatable bonds is 6. The largest absolute Gasteiger partial charge is 0.352 e. The zero-order valence-electron chi connectivity index (χ0n) is 16.3. The summed E-state index contributed by atoms with van der Waals surface area (Å²) in [6.07, 6.45) is 0.302. The summed E-state index contributed by atoms with van der Waals surface area (Å²) in [5.41, 5.74) is 6.65. The van der Waals surface area contributed by atoms with E-state index in [1.54, 1.807) is 24.3 Å². The zero-order chi connectivity index (χ0) is 20.7. The minimum Gasteiger partial charge on any atom is -0.352 e. The predicted molar refractivity (Wildman–Crippen MR) is 110 cm³/mol. The highest BCUT2D eigenvalue weighted by molar-refractivity contribution is 5.98. The third-order valence-corrected chi connectivity index (χ3v) is 3.98. The molecule has 7 heteroatoms. The fraction of sp³-hybridized carbons (Fsp3) is 0.286. The van der Waals surface area contributed by atoms with Crippen LogP contribution in [0.1, 0.15) is 26.3 Å². The number of nitrogens with one attached hydrogen (secondary N) is 3. The lowest BCUT2D eigenvalue weighted by molar-refractivity contribution is -0.123. The summed E-state index contributed by atoms with van der Waals surface area (Å²) in [7, 11) is 0. The highest BCUT2D eigenvalue weighted by Crippen LogP contribution is 2.20. The van der Waals surface area contributed by atoms with Crippen molar-refractivity contribution in [3.63, 3.8) is 0 Å².